The smallest absolute Gasteiger partial charge is 0.374 e. The maximum atomic E-state index is 11.8. The molecule has 3 rings (SSSR count). The van der Waals surface area contributed by atoms with E-state index in [1.807, 2.05) is 0 Å². The molecule has 1 aromatic heterocycles. The Morgan fingerprint density at radius 1 is 1.47 bits per heavy atom. The second-order valence-electron chi connectivity index (χ2n) is 6.55. The first-order valence-corrected chi connectivity index (χ1v) is 6.81. The average molecular weight is 260 g/mol. The maximum Gasteiger partial charge on any atom is 0.374 e. The summed E-state index contributed by atoms with van der Waals surface area (Å²) in [7, 11) is 1.39. The molecule has 1 saturated carbocycles. The van der Waals surface area contributed by atoms with Gasteiger partial charge in [0.05, 0.1) is 13.4 Å². The second-order valence-corrected chi connectivity index (χ2v) is 6.55. The standard InChI is InChI=1S/C16H20O3/c1-9-12-7-16(2,3)6-10(12)5-11-8-19-14(13(9)11)15(17)18-4/h8,10H,5-7H2,1-4H3. The Balaban J connectivity index is 2.10. The maximum absolute atomic E-state index is 11.8. The molecular weight excluding hydrogens is 240 g/mol. The molecule has 3 heteroatoms. The highest BCUT2D eigenvalue weighted by Crippen LogP contribution is 2.52. The third kappa shape index (κ3) is 1.83. The zero-order valence-corrected chi connectivity index (χ0v) is 12.0. The first-order chi connectivity index (χ1) is 8.93. The minimum atomic E-state index is -0.378. The normalized spacial score (nSPS) is 24.1. The van der Waals surface area contributed by atoms with Gasteiger partial charge in [0.1, 0.15) is 0 Å². The summed E-state index contributed by atoms with van der Waals surface area (Å²) in [4.78, 5) is 11.8. The second kappa shape index (κ2) is 3.99. The van der Waals surface area contributed by atoms with Crippen LogP contribution in [0.3, 0.4) is 0 Å². The molecule has 1 heterocycles. The van der Waals surface area contributed by atoms with E-state index in [1.165, 1.54) is 24.7 Å². The number of hydrogen-bond acceptors (Lipinski definition) is 3. The molecule has 3 nitrogen and oxygen atoms in total. The van der Waals surface area contributed by atoms with E-state index in [1.54, 1.807) is 6.26 Å². The van der Waals surface area contributed by atoms with Crippen molar-refractivity contribution in [2.45, 2.75) is 40.0 Å². The lowest BCUT2D eigenvalue weighted by Gasteiger charge is -2.21. The molecule has 2 aliphatic rings. The Bertz CT molecular complexity index is 575. The third-order valence-corrected chi connectivity index (χ3v) is 4.52. The van der Waals surface area contributed by atoms with Gasteiger partial charge in [-0.1, -0.05) is 19.4 Å². The number of fused-ring (bicyclic) bond motifs is 2. The summed E-state index contributed by atoms with van der Waals surface area (Å²) in [6, 6.07) is 0. The number of furan rings is 1. The van der Waals surface area contributed by atoms with Crippen molar-refractivity contribution in [2.24, 2.45) is 11.3 Å². The zero-order valence-electron chi connectivity index (χ0n) is 12.0. The highest BCUT2D eigenvalue weighted by atomic mass is 16.5. The Labute approximate surface area is 113 Å². The van der Waals surface area contributed by atoms with Crippen LogP contribution in [-0.2, 0) is 11.2 Å². The van der Waals surface area contributed by atoms with Crippen LogP contribution in [0.4, 0.5) is 0 Å². The number of ether oxygens (including phenoxy) is 1. The lowest BCUT2D eigenvalue weighted by Crippen LogP contribution is -2.12. The fraction of sp³-hybridized carbons (Fsp3) is 0.562. The van der Waals surface area contributed by atoms with Crippen LogP contribution in [0.1, 0.15) is 55.3 Å². The van der Waals surface area contributed by atoms with Crippen molar-refractivity contribution >= 4 is 11.5 Å². The van der Waals surface area contributed by atoms with Gasteiger partial charge < -0.3 is 9.15 Å². The molecule has 0 amide bonds. The van der Waals surface area contributed by atoms with E-state index < -0.39 is 0 Å². The summed E-state index contributed by atoms with van der Waals surface area (Å²) in [6.07, 6.45) is 5.06. The van der Waals surface area contributed by atoms with Gasteiger partial charge in [-0.15, -0.1) is 0 Å². The Kier molecular flexibility index (Phi) is 2.63. The SMILES string of the molecule is COC(=O)c1occ2c1C(C)=C1CC(C)(C)CC1C2. The van der Waals surface area contributed by atoms with Gasteiger partial charge >= 0.3 is 5.97 Å². The molecule has 0 saturated heterocycles. The molecular formula is C16H20O3. The summed E-state index contributed by atoms with van der Waals surface area (Å²) in [5.41, 5.74) is 5.24. The third-order valence-electron chi connectivity index (χ3n) is 4.52. The van der Waals surface area contributed by atoms with Gasteiger partial charge in [-0.2, -0.15) is 0 Å². The van der Waals surface area contributed by atoms with E-state index in [0.717, 1.165) is 24.0 Å². The molecule has 1 atom stereocenters. The van der Waals surface area contributed by atoms with Crippen LogP contribution in [0, 0.1) is 11.3 Å². The first-order valence-electron chi connectivity index (χ1n) is 6.81. The zero-order chi connectivity index (χ0) is 13.8. The molecule has 2 aliphatic carbocycles. The van der Waals surface area contributed by atoms with Crippen LogP contribution >= 0.6 is 0 Å². The molecule has 0 aliphatic heterocycles. The predicted molar refractivity (Wildman–Crippen MR) is 72.9 cm³/mol. The van der Waals surface area contributed by atoms with E-state index in [9.17, 15) is 4.79 Å². The molecule has 1 aromatic rings. The topological polar surface area (TPSA) is 39.4 Å². The van der Waals surface area contributed by atoms with Crippen LogP contribution < -0.4 is 0 Å². The van der Waals surface area contributed by atoms with Gasteiger partial charge in [0.15, 0.2) is 0 Å². The van der Waals surface area contributed by atoms with Crippen LogP contribution in [0.2, 0.25) is 0 Å². The van der Waals surface area contributed by atoms with Gasteiger partial charge in [0.25, 0.3) is 0 Å². The van der Waals surface area contributed by atoms with Crippen molar-refractivity contribution in [3.8, 4) is 0 Å². The number of rotatable bonds is 1. The van der Waals surface area contributed by atoms with E-state index in [0.29, 0.717) is 17.1 Å². The van der Waals surface area contributed by atoms with E-state index in [4.69, 9.17) is 9.15 Å². The predicted octanol–water partition coefficient (Wildman–Crippen LogP) is 3.83. The number of methoxy groups -OCH3 is 1. The minimum absolute atomic E-state index is 0.366. The van der Waals surface area contributed by atoms with Crippen molar-refractivity contribution in [3.05, 3.63) is 28.7 Å². The largest absolute Gasteiger partial charge is 0.463 e. The monoisotopic (exact) mass is 260 g/mol. The van der Waals surface area contributed by atoms with Gasteiger partial charge in [-0.25, -0.2) is 4.79 Å². The molecule has 0 spiro atoms. The summed E-state index contributed by atoms with van der Waals surface area (Å²) >= 11 is 0. The molecule has 1 unspecified atom stereocenters. The number of carbonyl (C=O) groups excluding carboxylic acids is 1. The van der Waals surface area contributed by atoms with Gasteiger partial charge in [-0.3, -0.25) is 0 Å². The summed E-state index contributed by atoms with van der Waals surface area (Å²) in [5.74, 6) is 0.605. The molecule has 0 radical (unpaired) electrons. The van der Waals surface area contributed by atoms with Crippen molar-refractivity contribution in [3.63, 3.8) is 0 Å². The summed E-state index contributed by atoms with van der Waals surface area (Å²) in [5, 5.41) is 0. The molecule has 0 N–H and O–H groups in total. The Morgan fingerprint density at radius 2 is 2.21 bits per heavy atom. The van der Waals surface area contributed by atoms with Crippen molar-refractivity contribution < 1.29 is 13.9 Å². The van der Waals surface area contributed by atoms with Crippen LogP contribution in [0.15, 0.2) is 16.3 Å². The Hall–Kier alpha value is -1.51. The molecule has 102 valence electrons. The Morgan fingerprint density at radius 3 is 2.89 bits per heavy atom. The van der Waals surface area contributed by atoms with E-state index in [2.05, 4.69) is 20.8 Å². The number of hydrogen-bond donors (Lipinski definition) is 0. The van der Waals surface area contributed by atoms with Crippen LogP contribution in [-0.4, -0.2) is 13.1 Å². The minimum Gasteiger partial charge on any atom is -0.463 e. The lowest BCUT2D eigenvalue weighted by molar-refractivity contribution is 0.0564. The lowest BCUT2D eigenvalue weighted by atomic mass is 9.82. The van der Waals surface area contributed by atoms with Crippen LogP contribution in [0.5, 0.6) is 0 Å². The van der Waals surface area contributed by atoms with E-state index in [-0.39, 0.29) is 5.97 Å². The van der Waals surface area contributed by atoms with Crippen molar-refractivity contribution in [1.82, 2.24) is 0 Å². The summed E-state index contributed by atoms with van der Waals surface area (Å²) in [6.45, 7) is 6.76. The van der Waals surface area contributed by atoms with Crippen LogP contribution in [0.25, 0.3) is 5.57 Å². The number of esters is 1. The summed E-state index contributed by atoms with van der Waals surface area (Å²) < 4.78 is 10.3. The molecule has 0 bridgehead atoms. The molecule has 1 fully saturated rings. The first kappa shape index (κ1) is 12.5. The van der Waals surface area contributed by atoms with Crippen molar-refractivity contribution in [1.29, 1.82) is 0 Å². The fourth-order valence-electron chi connectivity index (χ4n) is 3.78. The van der Waals surface area contributed by atoms with Gasteiger partial charge in [0, 0.05) is 5.56 Å². The van der Waals surface area contributed by atoms with Gasteiger partial charge in [0.2, 0.25) is 5.76 Å². The van der Waals surface area contributed by atoms with Gasteiger partial charge in [-0.05, 0) is 48.7 Å². The highest BCUT2D eigenvalue weighted by Gasteiger charge is 2.40. The molecule has 19 heavy (non-hydrogen) atoms. The fourth-order valence-corrected chi connectivity index (χ4v) is 3.78. The van der Waals surface area contributed by atoms with E-state index >= 15 is 0 Å². The number of carbonyl (C=O) groups is 1. The van der Waals surface area contributed by atoms with Crippen molar-refractivity contribution in [2.75, 3.05) is 7.11 Å². The average Bonchev–Trinajstić information content (AvgIpc) is 2.89. The molecule has 0 aromatic carbocycles. The highest BCUT2D eigenvalue weighted by molar-refractivity contribution is 5.94. The number of allylic oxidation sites excluding steroid dienone is 2. The quantitative estimate of drug-likeness (QED) is 0.720.